The smallest absolute Gasteiger partial charge is 0.325 e. The summed E-state index contributed by atoms with van der Waals surface area (Å²) in [6.45, 7) is 0. The lowest BCUT2D eigenvalue weighted by atomic mass is 10.1. The van der Waals surface area contributed by atoms with Gasteiger partial charge in [-0.1, -0.05) is 12.1 Å². The summed E-state index contributed by atoms with van der Waals surface area (Å²) in [5, 5.41) is 8.55. The Kier molecular flexibility index (Phi) is 2.30. The number of hydrogen-bond donors (Lipinski definition) is 3. The van der Waals surface area contributed by atoms with Crippen LogP contribution in [0.25, 0.3) is 0 Å². The van der Waals surface area contributed by atoms with E-state index in [2.05, 4.69) is 0 Å². The quantitative estimate of drug-likeness (QED) is 0.553. The molecule has 0 aliphatic rings. The summed E-state index contributed by atoms with van der Waals surface area (Å²) in [6.07, 6.45) is 0. The molecule has 0 fully saturated rings. The first-order chi connectivity index (χ1) is 5.61. The van der Waals surface area contributed by atoms with Crippen molar-refractivity contribution in [3.05, 3.63) is 29.8 Å². The minimum atomic E-state index is -1.04. The highest BCUT2D eigenvalue weighted by Gasteiger charge is 2.12. The summed E-state index contributed by atoms with van der Waals surface area (Å²) in [5.74, 6) is -1.04. The van der Waals surface area contributed by atoms with Crippen LogP contribution in [0.3, 0.4) is 0 Å². The van der Waals surface area contributed by atoms with E-state index in [1.807, 2.05) is 0 Å². The fraction of sp³-hybridized carbons (Fsp3) is 0.125. The molecule has 0 heterocycles. The third-order valence-corrected chi connectivity index (χ3v) is 1.56. The van der Waals surface area contributed by atoms with Crippen molar-refractivity contribution in [3.8, 4) is 0 Å². The maximum atomic E-state index is 10.4. The minimum absolute atomic E-state index is 0.553. The normalized spacial score (nSPS) is 12.4. The van der Waals surface area contributed by atoms with E-state index in [0.29, 0.717) is 11.3 Å². The Morgan fingerprint density at radius 3 is 2.25 bits per heavy atom. The second kappa shape index (κ2) is 3.23. The van der Waals surface area contributed by atoms with Crippen LogP contribution in [0.1, 0.15) is 11.6 Å². The molecule has 0 amide bonds. The number of carboxylic acids is 1. The van der Waals surface area contributed by atoms with Crippen molar-refractivity contribution in [2.24, 2.45) is 5.73 Å². The Morgan fingerprint density at radius 1 is 1.33 bits per heavy atom. The molecule has 4 nitrogen and oxygen atoms in total. The third-order valence-electron chi connectivity index (χ3n) is 1.56. The third kappa shape index (κ3) is 1.73. The maximum Gasteiger partial charge on any atom is 0.325 e. The average Bonchev–Trinajstić information content (AvgIpc) is 2.04. The molecule has 5 N–H and O–H groups in total. The molecule has 1 rings (SSSR count). The summed E-state index contributed by atoms with van der Waals surface area (Å²) < 4.78 is 0. The molecule has 0 radical (unpaired) electrons. The molecule has 1 aromatic rings. The molecular weight excluding hydrogens is 156 g/mol. The number of hydrogen-bond acceptors (Lipinski definition) is 3. The minimum Gasteiger partial charge on any atom is -0.480 e. The van der Waals surface area contributed by atoms with Crippen LogP contribution in [0.2, 0.25) is 0 Å². The van der Waals surface area contributed by atoms with Crippen molar-refractivity contribution in [1.29, 1.82) is 0 Å². The Morgan fingerprint density at radius 2 is 1.83 bits per heavy atom. The zero-order valence-electron chi connectivity index (χ0n) is 6.40. The summed E-state index contributed by atoms with van der Waals surface area (Å²) in [6, 6.07) is 5.49. The molecule has 0 saturated carbocycles. The van der Waals surface area contributed by atoms with E-state index in [1.54, 1.807) is 24.3 Å². The Bertz CT molecular complexity index is 282. The molecule has 12 heavy (non-hydrogen) atoms. The Labute approximate surface area is 69.8 Å². The molecule has 0 unspecified atom stereocenters. The van der Waals surface area contributed by atoms with Crippen molar-refractivity contribution >= 4 is 11.7 Å². The predicted octanol–water partition coefficient (Wildman–Crippen LogP) is 0.353. The highest BCUT2D eigenvalue weighted by Crippen LogP contribution is 2.12. The van der Waals surface area contributed by atoms with Crippen LogP contribution in [-0.4, -0.2) is 11.1 Å². The summed E-state index contributed by atoms with van der Waals surface area (Å²) in [5.41, 5.74) is 11.9. The van der Waals surface area contributed by atoms with E-state index in [-0.39, 0.29) is 0 Å². The summed E-state index contributed by atoms with van der Waals surface area (Å²) >= 11 is 0. The van der Waals surface area contributed by atoms with Crippen LogP contribution in [0.15, 0.2) is 24.3 Å². The van der Waals surface area contributed by atoms with Crippen molar-refractivity contribution in [2.45, 2.75) is 6.04 Å². The fourth-order valence-corrected chi connectivity index (χ4v) is 0.846. The van der Waals surface area contributed by atoms with Crippen LogP contribution in [0.4, 0.5) is 5.69 Å². The number of rotatable bonds is 2. The van der Waals surface area contributed by atoms with Gasteiger partial charge in [-0.2, -0.15) is 0 Å². The first-order valence-electron chi connectivity index (χ1n) is 3.45. The van der Waals surface area contributed by atoms with Gasteiger partial charge in [-0.05, 0) is 17.7 Å². The number of anilines is 1. The van der Waals surface area contributed by atoms with Crippen LogP contribution < -0.4 is 11.5 Å². The second-order valence-corrected chi connectivity index (χ2v) is 2.48. The number of benzene rings is 1. The molecule has 1 atom stereocenters. The lowest BCUT2D eigenvalue weighted by Crippen LogP contribution is -2.20. The lowest BCUT2D eigenvalue weighted by Gasteiger charge is -2.05. The fourth-order valence-electron chi connectivity index (χ4n) is 0.846. The average molecular weight is 166 g/mol. The standard InChI is InChI=1S/C8H10N2O2/c9-6-3-1-5(2-4-6)7(10)8(11)12/h1-4,7H,9-10H2,(H,11,12)/t7-/m0/s1. The SMILES string of the molecule is Nc1ccc([C@H](N)C(=O)O)cc1. The number of carbonyl (C=O) groups is 1. The van der Waals surface area contributed by atoms with Crippen LogP contribution in [-0.2, 0) is 4.79 Å². The summed E-state index contributed by atoms with van der Waals surface area (Å²) in [4.78, 5) is 10.4. The number of nitrogen functional groups attached to an aromatic ring is 1. The Hall–Kier alpha value is -1.55. The van der Waals surface area contributed by atoms with E-state index < -0.39 is 12.0 Å². The van der Waals surface area contributed by atoms with Gasteiger partial charge in [0.25, 0.3) is 0 Å². The van der Waals surface area contributed by atoms with Gasteiger partial charge in [-0.15, -0.1) is 0 Å². The van der Waals surface area contributed by atoms with E-state index in [4.69, 9.17) is 16.6 Å². The van der Waals surface area contributed by atoms with E-state index >= 15 is 0 Å². The van der Waals surface area contributed by atoms with Crippen molar-refractivity contribution in [3.63, 3.8) is 0 Å². The van der Waals surface area contributed by atoms with Gasteiger partial charge in [0.1, 0.15) is 6.04 Å². The van der Waals surface area contributed by atoms with E-state index in [0.717, 1.165) is 0 Å². The molecule has 0 spiro atoms. The highest BCUT2D eigenvalue weighted by molar-refractivity contribution is 5.75. The molecule has 0 aliphatic heterocycles. The predicted molar refractivity (Wildman–Crippen MR) is 45.4 cm³/mol. The molecule has 1 aromatic carbocycles. The lowest BCUT2D eigenvalue weighted by molar-refractivity contribution is -0.138. The molecule has 4 heteroatoms. The zero-order valence-corrected chi connectivity index (χ0v) is 6.40. The van der Waals surface area contributed by atoms with Crippen molar-refractivity contribution in [2.75, 3.05) is 5.73 Å². The molecule has 0 bridgehead atoms. The van der Waals surface area contributed by atoms with Crippen LogP contribution >= 0.6 is 0 Å². The van der Waals surface area contributed by atoms with Gasteiger partial charge in [0.15, 0.2) is 0 Å². The van der Waals surface area contributed by atoms with Gasteiger partial charge in [0, 0.05) is 5.69 Å². The first-order valence-corrected chi connectivity index (χ1v) is 3.45. The monoisotopic (exact) mass is 166 g/mol. The number of nitrogens with two attached hydrogens (primary N) is 2. The first kappa shape index (κ1) is 8.55. The molecular formula is C8H10N2O2. The molecule has 0 saturated heterocycles. The van der Waals surface area contributed by atoms with Gasteiger partial charge >= 0.3 is 5.97 Å². The van der Waals surface area contributed by atoms with E-state index in [1.165, 1.54) is 0 Å². The van der Waals surface area contributed by atoms with Gasteiger partial charge < -0.3 is 16.6 Å². The Balaban J connectivity index is 2.89. The maximum absolute atomic E-state index is 10.4. The molecule has 0 aliphatic carbocycles. The number of carboxylic acid groups (broad SMARTS) is 1. The molecule has 0 aromatic heterocycles. The van der Waals surface area contributed by atoms with Crippen LogP contribution in [0.5, 0.6) is 0 Å². The van der Waals surface area contributed by atoms with Gasteiger partial charge in [0.2, 0.25) is 0 Å². The topological polar surface area (TPSA) is 89.3 Å². The largest absolute Gasteiger partial charge is 0.480 e. The van der Waals surface area contributed by atoms with Gasteiger partial charge in [-0.25, -0.2) is 0 Å². The van der Waals surface area contributed by atoms with Gasteiger partial charge in [-0.3, -0.25) is 4.79 Å². The van der Waals surface area contributed by atoms with Crippen molar-refractivity contribution in [1.82, 2.24) is 0 Å². The van der Waals surface area contributed by atoms with E-state index in [9.17, 15) is 4.79 Å². The zero-order chi connectivity index (χ0) is 9.14. The van der Waals surface area contributed by atoms with Crippen molar-refractivity contribution < 1.29 is 9.90 Å². The van der Waals surface area contributed by atoms with Crippen LogP contribution in [0, 0.1) is 0 Å². The highest BCUT2D eigenvalue weighted by atomic mass is 16.4. The number of aliphatic carboxylic acids is 1. The second-order valence-electron chi connectivity index (χ2n) is 2.48. The molecule has 64 valence electrons. The van der Waals surface area contributed by atoms with Gasteiger partial charge in [0.05, 0.1) is 0 Å². The summed E-state index contributed by atoms with van der Waals surface area (Å²) in [7, 11) is 0.